The molecule has 0 saturated carbocycles. The highest BCUT2D eigenvalue weighted by Crippen LogP contribution is 2.40. The summed E-state index contributed by atoms with van der Waals surface area (Å²) in [7, 11) is 0. The first-order valence-corrected chi connectivity index (χ1v) is 7.46. The smallest absolute Gasteiger partial charge is 0.268 e. The summed E-state index contributed by atoms with van der Waals surface area (Å²) in [6, 6.07) is 11.2. The second-order valence-electron chi connectivity index (χ2n) is 6.35. The van der Waals surface area contributed by atoms with Crippen LogP contribution in [-0.2, 0) is 0 Å². The van der Waals surface area contributed by atoms with E-state index in [0.717, 1.165) is 16.6 Å². The van der Waals surface area contributed by atoms with Crippen molar-refractivity contribution < 1.29 is 14.6 Å². The average Bonchev–Trinajstić information content (AvgIpc) is 3.07. The number of aliphatic hydroxyl groups is 1. The first kappa shape index (κ1) is 14.0. The molecule has 116 valence electrons. The number of benzene rings is 1. The minimum atomic E-state index is -0.992. The third kappa shape index (κ3) is 2.12. The third-order valence-electron chi connectivity index (χ3n) is 3.84. The van der Waals surface area contributed by atoms with Gasteiger partial charge in [0, 0.05) is 11.6 Å². The zero-order valence-electron chi connectivity index (χ0n) is 12.9. The zero-order valence-corrected chi connectivity index (χ0v) is 12.9. The van der Waals surface area contributed by atoms with E-state index in [9.17, 15) is 9.90 Å². The summed E-state index contributed by atoms with van der Waals surface area (Å²) in [5.74, 6) is 0.338. The van der Waals surface area contributed by atoms with Crippen molar-refractivity contribution in [3.63, 3.8) is 0 Å². The van der Waals surface area contributed by atoms with E-state index in [1.807, 2.05) is 36.4 Å². The summed E-state index contributed by atoms with van der Waals surface area (Å²) < 4.78 is 7.45. The first-order valence-electron chi connectivity index (χ1n) is 7.46. The summed E-state index contributed by atoms with van der Waals surface area (Å²) in [6.45, 7) is 3.43. The molecule has 0 saturated heterocycles. The predicted molar refractivity (Wildman–Crippen MR) is 86.7 cm³/mol. The topological polar surface area (TPSA) is 64.3 Å². The molecule has 0 fully saturated rings. The summed E-state index contributed by atoms with van der Waals surface area (Å²) in [4.78, 5) is 17.4. The Hall–Kier alpha value is -2.66. The van der Waals surface area contributed by atoms with Crippen LogP contribution in [0.5, 0.6) is 5.75 Å². The molecule has 4 rings (SSSR count). The normalized spacial score (nSPS) is 13.3. The minimum absolute atomic E-state index is 0.0929. The van der Waals surface area contributed by atoms with E-state index in [4.69, 9.17) is 4.74 Å². The molecule has 5 heteroatoms. The van der Waals surface area contributed by atoms with E-state index in [0.29, 0.717) is 17.0 Å². The van der Waals surface area contributed by atoms with Gasteiger partial charge in [0.25, 0.3) is 5.91 Å². The van der Waals surface area contributed by atoms with Crippen LogP contribution in [0, 0.1) is 0 Å². The Morgan fingerprint density at radius 3 is 2.78 bits per heavy atom. The number of ether oxygens (including phenoxy) is 1. The van der Waals surface area contributed by atoms with Gasteiger partial charge in [0.2, 0.25) is 0 Å². The molecule has 1 aromatic carbocycles. The maximum Gasteiger partial charge on any atom is 0.268 e. The fraction of sp³-hybridized carbons (Fsp3) is 0.222. The minimum Gasteiger partial charge on any atom is -0.489 e. The van der Waals surface area contributed by atoms with E-state index >= 15 is 0 Å². The predicted octanol–water partition coefficient (Wildman–Crippen LogP) is 2.85. The van der Waals surface area contributed by atoms with Crippen molar-refractivity contribution in [3.05, 3.63) is 48.2 Å². The van der Waals surface area contributed by atoms with Gasteiger partial charge in [-0.15, -0.1) is 0 Å². The molecular formula is C18H16N2O3. The number of fused-ring (bicyclic) bond motifs is 4. The summed E-state index contributed by atoms with van der Waals surface area (Å²) >= 11 is 0. The molecule has 5 nitrogen and oxygen atoms in total. The molecule has 2 aromatic heterocycles. The van der Waals surface area contributed by atoms with E-state index < -0.39 is 5.60 Å². The van der Waals surface area contributed by atoms with Gasteiger partial charge in [-0.3, -0.25) is 9.36 Å². The molecule has 0 spiro atoms. The molecule has 3 aromatic rings. The molecule has 0 bridgehead atoms. The lowest BCUT2D eigenvalue weighted by Gasteiger charge is -2.20. The number of nitrogens with zero attached hydrogens (tertiary/aromatic N) is 2. The van der Waals surface area contributed by atoms with Crippen molar-refractivity contribution in [2.75, 3.05) is 6.61 Å². The van der Waals surface area contributed by atoms with Gasteiger partial charge in [0.15, 0.2) is 0 Å². The molecule has 0 atom stereocenters. The van der Waals surface area contributed by atoms with Crippen molar-refractivity contribution >= 4 is 16.8 Å². The highest BCUT2D eigenvalue weighted by molar-refractivity contribution is 6.13. The van der Waals surface area contributed by atoms with Crippen LogP contribution in [0.4, 0.5) is 0 Å². The van der Waals surface area contributed by atoms with Crippen molar-refractivity contribution in [1.82, 2.24) is 9.55 Å². The number of carbonyl (C=O) groups is 1. The maximum atomic E-state index is 12.7. The quantitative estimate of drug-likeness (QED) is 0.632. The van der Waals surface area contributed by atoms with Crippen molar-refractivity contribution in [2.45, 2.75) is 19.4 Å². The Kier molecular flexibility index (Phi) is 2.83. The molecule has 3 heterocycles. The number of pyridine rings is 1. The van der Waals surface area contributed by atoms with Crippen LogP contribution < -0.4 is 4.74 Å². The number of hydrogen-bond acceptors (Lipinski definition) is 4. The Morgan fingerprint density at radius 2 is 2.00 bits per heavy atom. The Morgan fingerprint density at radius 1 is 1.22 bits per heavy atom. The Balaban J connectivity index is 1.98. The highest BCUT2D eigenvalue weighted by Gasteiger charge is 2.33. The first-order chi connectivity index (χ1) is 11.0. The van der Waals surface area contributed by atoms with Gasteiger partial charge in [-0.05, 0) is 38.1 Å². The molecule has 23 heavy (non-hydrogen) atoms. The summed E-state index contributed by atoms with van der Waals surface area (Å²) in [5, 5.41) is 10.7. The van der Waals surface area contributed by atoms with Crippen molar-refractivity contribution in [3.8, 4) is 17.1 Å². The average molecular weight is 308 g/mol. The molecule has 0 radical (unpaired) electrons. The van der Waals surface area contributed by atoms with Gasteiger partial charge in [-0.25, -0.2) is 4.98 Å². The molecule has 0 unspecified atom stereocenters. The molecule has 1 aliphatic rings. The lowest BCUT2D eigenvalue weighted by atomic mass is 10.1. The number of para-hydroxylation sites is 1. The highest BCUT2D eigenvalue weighted by atomic mass is 16.5. The van der Waals surface area contributed by atoms with Crippen molar-refractivity contribution in [1.29, 1.82) is 0 Å². The lowest BCUT2D eigenvalue weighted by Crippen LogP contribution is -2.28. The van der Waals surface area contributed by atoms with E-state index in [1.54, 1.807) is 24.6 Å². The summed E-state index contributed by atoms with van der Waals surface area (Å²) in [5.41, 5.74) is 1.63. The molecular weight excluding hydrogens is 292 g/mol. The van der Waals surface area contributed by atoms with Crippen LogP contribution in [0.25, 0.3) is 22.3 Å². The van der Waals surface area contributed by atoms with Crippen molar-refractivity contribution in [2.24, 2.45) is 0 Å². The van der Waals surface area contributed by atoms with Gasteiger partial charge in [-0.1, -0.05) is 12.1 Å². The number of rotatable bonds is 3. The number of hydrogen-bond donors (Lipinski definition) is 1. The molecule has 0 amide bonds. The van der Waals surface area contributed by atoms with Gasteiger partial charge in [0.1, 0.15) is 23.6 Å². The van der Waals surface area contributed by atoms with Crippen LogP contribution in [0.3, 0.4) is 0 Å². The Labute approximate surface area is 133 Å². The van der Waals surface area contributed by atoms with Gasteiger partial charge in [-0.2, -0.15) is 0 Å². The van der Waals surface area contributed by atoms with Gasteiger partial charge >= 0.3 is 0 Å². The largest absolute Gasteiger partial charge is 0.489 e. The van der Waals surface area contributed by atoms with E-state index in [1.165, 1.54) is 0 Å². The van der Waals surface area contributed by atoms with Crippen LogP contribution in [-0.4, -0.2) is 32.8 Å². The van der Waals surface area contributed by atoms with E-state index in [2.05, 4.69) is 4.98 Å². The monoisotopic (exact) mass is 308 g/mol. The molecule has 0 aliphatic carbocycles. The van der Waals surface area contributed by atoms with Crippen LogP contribution in [0.1, 0.15) is 24.2 Å². The van der Waals surface area contributed by atoms with Crippen LogP contribution >= 0.6 is 0 Å². The standard InChI is InChI=1S/C18H16N2O3/c1-18(2,22)10-23-16-11-6-3-4-7-12(11)19-15-13-8-5-9-20(13)17(21)14(15)16/h3-9,22H,10H2,1-2H3. The Bertz CT molecular complexity index is 935. The van der Waals surface area contributed by atoms with Gasteiger partial charge in [0.05, 0.1) is 16.8 Å². The van der Waals surface area contributed by atoms with Crippen LogP contribution in [0.2, 0.25) is 0 Å². The fourth-order valence-electron chi connectivity index (χ4n) is 2.84. The lowest BCUT2D eigenvalue weighted by molar-refractivity contribution is 0.0286. The SMILES string of the molecule is CC(C)(O)COc1c2c(nc3ccccc13)-c1cccn1C2=O. The second-order valence-corrected chi connectivity index (χ2v) is 6.35. The maximum absolute atomic E-state index is 12.7. The third-order valence-corrected chi connectivity index (χ3v) is 3.84. The number of aromatic nitrogens is 2. The second kappa shape index (κ2) is 4.67. The summed E-state index contributed by atoms with van der Waals surface area (Å²) in [6.07, 6.45) is 1.73. The van der Waals surface area contributed by atoms with Gasteiger partial charge < -0.3 is 9.84 Å². The fourth-order valence-corrected chi connectivity index (χ4v) is 2.84. The van der Waals surface area contributed by atoms with Crippen LogP contribution in [0.15, 0.2) is 42.6 Å². The number of carbonyl (C=O) groups excluding carboxylic acids is 1. The molecule has 1 N–H and O–H groups in total. The molecule has 1 aliphatic heterocycles. The zero-order chi connectivity index (χ0) is 16.2. The van der Waals surface area contributed by atoms with E-state index in [-0.39, 0.29) is 12.5 Å².